The summed E-state index contributed by atoms with van der Waals surface area (Å²) in [5, 5.41) is 0. The molecule has 0 saturated carbocycles. The zero-order valence-electron chi connectivity index (χ0n) is 13.1. The number of nitrogens with zero attached hydrogens (tertiary/aromatic N) is 1. The number of halogens is 1. The smallest absolute Gasteiger partial charge is 0.363 e. The van der Waals surface area contributed by atoms with E-state index in [0.717, 1.165) is 15.6 Å². The lowest BCUT2D eigenvalue weighted by Crippen LogP contribution is -2.05. The van der Waals surface area contributed by atoms with E-state index in [1.807, 2.05) is 30.3 Å². The van der Waals surface area contributed by atoms with Gasteiger partial charge in [-0.15, -0.1) is 0 Å². The first kappa shape index (κ1) is 16.3. The van der Waals surface area contributed by atoms with Crippen molar-refractivity contribution in [1.82, 2.24) is 0 Å². The molecule has 0 amide bonds. The molecule has 0 saturated heterocycles. The molecule has 0 N–H and O–H groups in total. The van der Waals surface area contributed by atoms with Gasteiger partial charge in [-0.2, -0.15) is 0 Å². The summed E-state index contributed by atoms with van der Waals surface area (Å²) in [6, 6.07) is 12.8. The van der Waals surface area contributed by atoms with Gasteiger partial charge in [-0.1, -0.05) is 28.1 Å². The van der Waals surface area contributed by atoms with Crippen molar-refractivity contribution < 1.29 is 19.0 Å². The molecule has 0 unspecified atom stereocenters. The molecule has 0 aromatic heterocycles. The van der Waals surface area contributed by atoms with Crippen LogP contribution in [0.15, 0.2) is 57.6 Å². The number of methoxy groups -OCH3 is 2. The highest BCUT2D eigenvalue weighted by Crippen LogP contribution is 2.29. The molecule has 6 heteroatoms. The maximum absolute atomic E-state index is 12.1. The molecule has 0 fully saturated rings. The Morgan fingerprint density at radius 2 is 1.88 bits per heavy atom. The second-order valence-corrected chi connectivity index (χ2v) is 5.88. The molecule has 2 aromatic rings. The lowest BCUT2D eigenvalue weighted by atomic mass is 10.1. The molecule has 0 atom stereocenters. The van der Waals surface area contributed by atoms with Crippen molar-refractivity contribution in [2.45, 2.75) is 0 Å². The summed E-state index contributed by atoms with van der Waals surface area (Å²) in [5.74, 6) is 0.995. The van der Waals surface area contributed by atoms with Gasteiger partial charge in [0.2, 0.25) is 5.90 Å². The molecule has 0 bridgehead atoms. The number of hydrogen-bond donors (Lipinski definition) is 0. The standard InChI is InChI=1S/C18H14BrNO4/c1-22-15-7-6-11(9-16(15)23-2)8-14-18(21)24-17(20-14)12-4-3-5-13(19)10-12/h3-10H,1-2H3/b14-8-. The molecule has 1 aliphatic heterocycles. The Morgan fingerprint density at radius 1 is 1.08 bits per heavy atom. The highest BCUT2D eigenvalue weighted by atomic mass is 79.9. The van der Waals surface area contributed by atoms with Crippen molar-refractivity contribution in [3.63, 3.8) is 0 Å². The summed E-state index contributed by atoms with van der Waals surface area (Å²) >= 11 is 3.39. The largest absolute Gasteiger partial charge is 0.493 e. The highest BCUT2D eigenvalue weighted by molar-refractivity contribution is 9.10. The first-order valence-corrected chi connectivity index (χ1v) is 7.90. The van der Waals surface area contributed by atoms with Crippen molar-refractivity contribution in [2.24, 2.45) is 4.99 Å². The van der Waals surface area contributed by atoms with Crippen LogP contribution in [0.4, 0.5) is 0 Å². The fraction of sp³-hybridized carbons (Fsp3) is 0.111. The van der Waals surface area contributed by atoms with E-state index in [0.29, 0.717) is 11.5 Å². The SMILES string of the molecule is COc1ccc(/C=C2\N=C(c3cccc(Br)c3)OC2=O)cc1OC. The van der Waals surface area contributed by atoms with Crippen LogP contribution in [-0.4, -0.2) is 26.1 Å². The van der Waals surface area contributed by atoms with Gasteiger partial charge < -0.3 is 14.2 Å². The minimum Gasteiger partial charge on any atom is -0.493 e. The van der Waals surface area contributed by atoms with Crippen LogP contribution in [0.1, 0.15) is 11.1 Å². The van der Waals surface area contributed by atoms with Crippen LogP contribution < -0.4 is 9.47 Å². The minimum atomic E-state index is -0.486. The molecule has 5 nitrogen and oxygen atoms in total. The summed E-state index contributed by atoms with van der Waals surface area (Å²) in [5.41, 5.74) is 1.73. The Bertz CT molecular complexity index is 858. The number of rotatable bonds is 4. The van der Waals surface area contributed by atoms with Crippen molar-refractivity contribution in [2.75, 3.05) is 14.2 Å². The van der Waals surface area contributed by atoms with Crippen LogP contribution in [0.2, 0.25) is 0 Å². The van der Waals surface area contributed by atoms with Gasteiger partial charge in [-0.05, 0) is 42.0 Å². The Kier molecular flexibility index (Phi) is 4.66. The number of esters is 1. The minimum absolute atomic E-state index is 0.234. The number of cyclic esters (lactones) is 1. The monoisotopic (exact) mass is 387 g/mol. The van der Waals surface area contributed by atoms with E-state index in [4.69, 9.17) is 14.2 Å². The molecule has 24 heavy (non-hydrogen) atoms. The molecule has 0 spiro atoms. The molecule has 3 rings (SSSR count). The lowest BCUT2D eigenvalue weighted by molar-refractivity contribution is -0.129. The second-order valence-electron chi connectivity index (χ2n) is 4.96. The van der Waals surface area contributed by atoms with E-state index in [-0.39, 0.29) is 11.6 Å². The van der Waals surface area contributed by atoms with Gasteiger partial charge in [0.05, 0.1) is 14.2 Å². The van der Waals surface area contributed by atoms with E-state index in [1.165, 1.54) is 0 Å². The van der Waals surface area contributed by atoms with Crippen LogP contribution >= 0.6 is 15.9 Å². The summed E-state index contributed by atoms with van der Waals surface area (Å²) in [6.07, 6.45) is 1.65. The first-order chi connectivity index (χ1) is 11.6. The third-order valence-electron chi connectivity index (χ3n) is 3.40. The summed E-state index contributed by atoms with van der Waals surface area (Å²) in [4.78, 5) is 16.3. The van der Waals surface area contributed by atoms with Crippen LogP contribution in [0, 0.1) is 0 Å². The van der Waals surface area contributed by atoms with E-state index in [1.54, 1.807) is 32.4 Å². The highest BCUT2D eigenvalue weighted by Gasteiger charge is 2.24. The summed E-state index contributed by atoms with van der Waals surface area (Å²) in [7, 11) is 3.13. The second kappa shape index (κ2) is 6.88. The number of aliphatic imine (C=N–C) groups is 1. The third-order valence-corrected chi connectivity index (χ3v) is 3.90. The normalized spacial score (nSPS) is 15.2. The third kappa shape index (κ3) is 3.33. The van der Waals surface area contributed by atoms with Crippen molar-refractivity contribution in [3.05, 3.63) is 63.8 Å². The quantitative estimate of drug-likeness (QED) is 0.591. The van der Waals surface area contributed by atoms with Crippen LogP contribution in [0.25, 0.3) is 6.08 Å². The Morgan fingerprint density at radius 3 is 2.58 bits per heavy atom. The average Bonchev–Trinajstić information content (AvgIpc) is 2.95. The van der Waals surface area contributed by atoms with Crippen LogP contribution in [0.3, 0.4) is 0 Å². The molecule has 0 radical (unpaired) electrons. The zero-order chi connectivity index (χ0) is 17.1. The molecule has 1 heterocycles. The Labute approximate surface area is 147 Å². The molecular weight excluding hydrogens is 374 g/mol. The van der Waals surface area contributed by atoms with Gasteiger partial charge in [0.25, 0.3) is 0 Å². The van der Waals surface area contributed by atoms with E-state index in [2.05, 4.69) is 20.9 Å². The maximum Gasteiger partial charge on any atom is 0.363 e. The fourth-order valence-electron chi connectivity index (χ4n) is 2.25. The van der Waals surface area contributed by atoms with Crippen LogP contribution in [-0.2, 0) is 9.53 Å². The number of benzene rings is 2. The molecule has 1 aliphatic rings. The Balaban J connectivity index is 1.94. The van der Waals surface area contributed by atoms with Gasteiger partial charge in [0.15, 0.2) is 17.2 Å². The summed E-state index contributed by atoms with van der Waals surface area (Å²) in [6.45, 7) is 0. The molecule has 2 aromatic carbocycles. The number of ether oxygens (including phenoxy) is 3. The molecule has 122 valence electrons. The maximum atomic E-state index is 12.1. The predicted octanol–water partition coefficient (Wildman–Crippen LogP) is 3.81. The topological polar surface area (TPSA) is 57.1 Å². The lowest BCUT2D eigenvalue weighted by Gasteiger charge is -2.07. The summed E-state index contributed by atoms with van der Waals surface area (Å²) < 4.78 is 16.6. The van der Waals surface area contributed by atoms with E-state index < -0.39 is 5.97 Å². The van der Waals surface area contributed by atoms with Gasteiger partial charge in [-0.25, -0.2) is 9.79 Å². The molecule has 0 aliphatic carbocycles. The zero-order valence-corrected chi connectivity index (χ0v) is 14.7. The number of hydrogen-bond acceptors (Lipinski definition) is 5. The van der Waals surface area contributed by atoms with Crippen molar-refractivity contribution in [3.8, 4) is 11.5 Å². The van der Waals surface area contributed by atoms with Gasteiger partial charge >= 0.3 is 5.97 Å². The molecular formula is C18H14BrNO4. The van der Waals surface area contributed by atoms with Gasteiger partial charge in [-0.3, -0.25) is 0 Å². The van der Waals surface area contributed by atoms with E-state index >= 15 is 0 Å². The van der Waals surface area contributed by atoms with E-state index in [9.17, 15) is 4.79 Å². The number of carbonyl (C=O) groups excluding carboxylic acids is 1. The van der Waals surface area contributed by atoms with Gasteiger partial charge in [0.1, 0.15) is 0 Å². The number of carbonyl (C=O) groups is 1. The van der Waals surface area contributed by atoms with Crippen LogP contribution in [0.5, 0.6) is 11.5 Å². The van der Waals surface area contributed by atoms with Crippen molar-refractivity contribution in [1.29, 1.82) is 0 Å². The fourth-order valence-corrected chi connectivity index (χ4v) is 2.65. The predicted molar refractivity (Wildman–Crippen MR) is 94.3 cm³/mol. The van der Waals surface area contributed by atoms with Crippen molar-refractivity contribution >= 4 is 33.9 Å². The average molecular weight is 388 g/mol. The van der Waals surface area contributed by atoms with Gasteiger partial charge in [0, 0.05) is 10.0 Å². The first-order valence-electron chi connectivity index (χ1n) is 7.11. The Hall–Kier alpha value is -2.60.